The van der Waals surface area contributed by atoms with Crippen LogP contribution >= 0.6 is 0 Å². The summed E-state index contributed by atoms with van der Waals surface area (Å²) < 4.78 is 14.7. The van der Waals surface area contributed by atoms with Crippen LogP contribution in [0.15, 0.2) is 0 Å². The lowest BCUT2D eigenvalue weighted by Crippen LogP contribution is -2.25. The highest BCUT2D eigenvalue weighted by Gasteiger charge is 2.12. The molecule has 0 amide bonds. The minimum absolute atomic E-state index is 0.103. The third-order valence-corrected chi connectivity index (χ3v) is 14.0. The zero-order chi connectivity index (χ0) is 55.8. The van der Waals surface area contributed by atoms with E-state index in [2.05, 4.69) is 20.8 Å². The molecule has 0 bridgehead atoms. The van der Waals surface area contributed by atoms with Gasteiger partial charge in [0.2, 0.25) is 0 Å². The van der Waals surface area contributed by atoms with E-state index in [9.17, 15) is 14.4 Å². The maximum Gasteiger partial charge on any atom is 0.306 e. The van der Waals surface area contributed by atoms with Crippen LogP contribution in [0.5, 0.6) is 0 Å². The molecule has 0 spiro atoms. The first-order valence-corrected chi connectivity index (χ1v) is 32.0. The molecule has 0 aliphatic heterocycles. The summed E-state index contributed by atoms with van der Waals surface area (Å²) in [6, 6.07) is 0. The molecule has 0 rings (SSSR count). The van der Waals surface area contributed by atoms with Gasteiger partial charge in [0, 0.05) is 19.3 Å². The van der Waals surface area contributed by atoms with Crippen molar-refractivity contribution in [3.05, 3.63) is 0 Å². The molecule has 75 heavy (non-hydrogen) atoms. The summed E-state index contributed by atoms with van der Waals surface area (Å²) in [4.78, 5) is 34.2. The third-order valence-electron chi connectivity index (χ3n) is 14.0. The summed E-state index contributed by atoms with van der Waals surface area (Å²) in [5, 5.41) is 53.1. The first kappa shape index (κ1) is 77.4. The smallest absolute Gasteiger partial charge is 0.306 e. The van der Waals surface area contributed by atoms with E-state index in [0.717, 1.165) is 38.5 Å². The van der Waals surface area contributed by atoms with Crippen LogP contribution in [-0.4, -0.2) is 107 Å². The maximum absolute atomic E-state index is 11.5. The second kappa shape index (κ2) is 68.3. The lowest BCUT2D eigenvalue weighted by atomic mass is 10.0. The van der Waals surface area contributed by atoms with Crippen LogP contribution in [0.1, 0.15) is 329 Å². The number of rotatable bonds is 57. The molecule has 0 saturated carbocycles. The summed E-state index contributed by atoms with van der Waals surface area (Å²) >= 11 is 0. The van der Waals surface area contributed by atoms with Gasteiger partial charge in [0.15, 0.2) is 0 Å². The molecule has 450 valence electrons. The number of ether oxygens (including phenoxy) is 3. The first-order chi connectivity index (χ1) is 36.6. The number of hydrogen-bond acceptors (Lipinski definition) is 12. The molecule has 0 aromatic heterocycles. The summed E-state index contributed by atoms with van der Waals surface area (Å²) in [6.45, 7) is 5.21. The Morgan fingerprint density at radius 1 is 0.280 bits per heavy atom. The van der Waals surface area contributed by atoms with Crippen molar-refractivity contribution in [1.29, 1.82) is 0 Å². The molecule has 0 radical (unpaired) electrons. The van der Waals surface area contributed by atoms with Gasteiger partial charge in [-0.15, -0.1) is 0 Å². The molecule has 0 heterocycles. The maximum atomic E-state index is 11.5. The van der Waals surface area contributed by atoms with Crippen LogP contribution in [-0.2, 0) is 28.6 Å². The molecular weight excluding hydrogens is 949 g/mol. The van der Waals surface area contributed by atoms with Crippen molar-refractivity contribution in [3.8, 4) is 0 Å². The van der Waals surface area contributed by atoms with Crippen LogP contribution in [0.4, 0.5) is 0 Å². The van der Waals surface area contributed by atoms with E-state index in [1.54, 1.807) is 0 Å². The third kappa shape index (κ3) is 70.2. The lowest BCUT2D eigenvalue weighted by Gasteiger charge is -2.12. The monoisotopic (exact) mass is 1070 g/mol. The van der Waals surface area contributed by atoms with Crippen LogP contribution < -0.4 is 0 Å². The van der Waals surface area contributed by atoms with Crippen molar-refractivity contribution in [2.24, 2.45) is 0 Å². The van der Waals surface area contributed by atoms with Gasteiger partial charge in [-0.1, -0.05) is 290 Å². The van der Waals surface area contributed by atoms with Gasteiger partial charge in [0.25, 0.3) is 0 Å². The Balaban J connectivity index is -0.00000104. The molecule has 12 nitrogen and oxygen atoms in total. The molecule has 0 aliphatic rings. The zero-order valence-corrected chi connectivity index (χ0v) is 49.5. The van der Waals surface area contributed by atoms with Gasteiger partial charge in [0.05, 0.1) is 26.4 Å². The number of hydrogen-bond donors (Lipinski definition) is 6. The van der Waals surface area contributed by atoms with Gasteiger partial charge in [0.1, 0.15) is 31.5 Å². The molecule has 0 saturated heterocycles. The summed E-state index contributed by atoms with van der Waals surface area (Å²) in [7, 11) is 0. The molecule has 0 fully saturated rings. The zero-order valence-electron chi connectivity index (χ0n) is 49.5. The van der Waals surface area contributed by atoms with E-state index in [0.29, 0.717) is 19.3 Å². The standard InChI is InChI=1S/3C21H42O4/c2*1-2-3-4-5-6-7-8-9-10-11-12-13-14-15-16-17-21(24)25-19-20(23)18-22;1-2-3-4-5-6-7-8-9-10-11-12-13-14-15-16-17-21(24)25-20(18-22)19-23/h3*20,22-23H,2-19H2,1H3/t2*20-;/m10./s1. The lowest BCUT2D eigenvalue weighted by molar-refractivity contribution is -0.153. The predicted molar refractivity (Wildman–Crippen MR) is 311 cm³/mol. The minimum Gasteiger partial charge on any atom is -0.463 e. The average Bonchev–Trinajstić information content (AvgIpc) is 3.42. The molecule has 6 N–H and O–H groups in total. The number of aliphatic hydroxyl groups excluding tert-OH is 6. The second-order valence-corrected chi connectivity index (χ2v) is 21.6. The van der Waals surface area contributed by atoms with E-state index in [1.807, 2.05) is 0 Å². The SMILES string of the molecule is CCCCCCCCCCCCCCCCCC(=O)OC(CO)CO.CCCCCCCCCCCCCCCCCC(=O)OC[C@@H](O)CO.CCCCCCCCCCCCCCCCCC(=O)OC[C@H](O)CO. The Bertz CT molecular complexity index is 1050. The van der Waals surface area contributed by atoms with Gasteiger partial charge in [-0.05, 0) is 19.3 Å². The Kier molecular flexibility index (Phi) is 70.5. The topological polar surface area (TPSA) is 200 Å². The van der Waals surface area contributed by atoms with Gasteiger partial charge < -0.3 is 44.8 Å². The fourth-order valence-corrected chi connectivity index (χ4v) is 8.93. The van der Waals surface area contributed by atoms with Crippen molar-refractivity contribution in [2.75, 3.05) is 39.6 Å². The van der Waals surface area contributed by atoms with Gasteiger partial charge in [-0.2, -0.15) is 0 Å². The van der Waals surface area contributed by atoms with Crippen LogP contribution in [0.2, 0.25) is 0 Å². The van der Waals surface area contributed by atoms with Gasteiger partial charge >= 0.3 is 17.9 Å². The fourth-order valence-electron chi connectivity index (χ4n) is 8.93. The summed E-state index contributed by atoms with van der Waals surface area (Å²) in [6.07, 6.45) is 57.2. The number of unbranched alkanes of at least 4 members (excludes halogenated alkanes) is 42. The van der Waals surface area contributed by atoms with Crippen LogP contribution in [0, 0.1) is 0 Å². The largest absolute Gasteiger partial charge is 0.463 e. The molecule has 0 aromatic rings. The van der Waals surface area contributed by atoms with Gasteiger partial charge in [-0.3, -0.25) is 14.4 Å². The van der Waals surface area contributed by atoms with E-state index >= 15 is 0 Å². The summed E-state index contributed by atoms with van der Waals surface area (Å²) in [5.41, 5.74) is 0. The van der Waals surface area contributed by atoms with E-state index < -0.39 is 18.3 Å². The number of aliphatic hydroxyl groups is 6. The second-order valence-electron chi connectivity index (χ2n) is 21.6. The molecular formula is C63H126O12. The summed E-state index contributed by atoms with van der Waals surface area (Å²) in [5.74, 6) is -0.868. The highest BCUT2D eigenvalue weighted by Crippen LogP contribution is 2.17. The van der Waals surface area contributed by atoms with Crippen LogP contribution in [0.25, 0.3) is 0 Å². The van der Waals surface area contributed by atoms with Crippen molar-refractivity contribution < 1.29 is 59.2 Å². The Hall–Kier alpha value is -1.83. The minimum atomic E-state index is -0.954. The molecule has 0 aliphatic carbocycles. The first-order valence-electron chi connectivity index (χ1n) is 32.0. The number of esters is 3. The average molecular weight is 1080 g/mol. The van der Waals surface area contributed by atoms with Crippen molar-refractivity contribution in [3.63, 3.8) is 0 Å². The Labute approximate surface area is 462 Å². The molecule has 2 atom stereocenters. The van der Waals surface area contributed by atoms with Crippen LogP contribution in [0.3, 0.4) is 0 Å². The fraction of sp³-hybridized carbons (Fsp3) is 0.952. The molecule has 0 aromatic carbocycles. The highest BCUT2D eigenvalue weighted by atomic mass is 16.6. The Morgan fingerprint density at radius 2 is 0.467 bits per heavy atom. The van der Waals surface area contributed by atoms with Crippen molar-refractivity contribution >= 4 is 17.9 Å². The van der Waals surface area contributed by atoms with E-state index in [-0.39, 0.29) is 57.5 Å². The quantitative estimate of drug-likeness (QED) is 0.0192. The molecule has 12 heteroatoms. The van der Waals surface area contributed by atoms with E-state index in [4.69, 9.17) is 44.8 Å². The van der Waals surface area contributed by atoms with Crippen molar-refractivity contribution in [2.45, 2.75) is 347 Å². The predicted octanol–water partition coefficient (Wildman–Crippen LogP) is 15.4. The highest BCUT2D eigenvalue weighted by molar-refractivity contribution is 5.70. The molecule has 0 unspecified atom stereocenters. The number of carbonyl (C=O) groups excluding carboxylic acids is 3. The Morgan fingerprint density at radius 3 is 0.653 bits per heavy atom. The normalized spacial score (nSPS) is 11.9. The number of carbonyl (C=O) groups is 3. The van der Waals surface area contributed by atoms with Gasteiger partial charge in [-0.25, -0.2) is 0 Å². The van der Waals surface area contributed by atoms with E-state index in [1.165, 1.54) is 250 Å². The van der Waals surface area contributed by atoms with Crippen molar-refractivity contribution in [1.82, 2.24) is 0 Å².